The van der Waals surface area contributed by atoms with E-state index in [2.05, 4.69) is 15.3 Å². The van der Waals surface area contributed by atoms with Crippen LogP contribution in [0.3, 0.4) is 0 Å². The molecule has 0 aromatic carbocycles. The van der Waals surface area contributed by atoms with Gasteiger partial charge in [-0.3, -0.25) is 0 Å². The first kappa shape index (κ1) is 11.9. The maximum atomic E-state index is 5.73. The molecule has 6 nitrogen and oxygen atoms in total. The van der Waals surface area contributed by atoms with Crippen molar-refractivity contribution in [3.63, 3.8) is 0 Å². The van der Waals surface area contributed by atoms with Crippen molar-refractivity contribution in [1.82, 2.24) is 9.97 Å². The summed E-state index contributed by atoms with van der Waals surface area (Å²) in [7, 11) is 3.29. The summed E-state index contributed by atoms with van der Waals surface area (Å²) in [5.74, 6) is 1.47. The Morgan fingerprint density at radius 3 is 2.88 bits per heavy atom. The molecule has 2 atom stereocenters. The van der Waals surface area contributed by atoms with Gasteiger partial charge in [0.25, 0.3) is 0 Å². The highest BCUT2D eigenvalue weighted by molar-refractivity contribution is 5.61. The summed E-state index contributed by atoms with van der Waals surface area (Å²) in [6, 6.07) is 0.253. The minimum Gasteiger partial charge on any atom is -0.490 e. The molecule has 2 rings (SSSR count). The number of nitrogen functional groups attached to an aromatic ring is 1. The topological polar surface area (TPSA) is 82.3 Å². The SMILES string of the molecule is COc1c(N)ncnc1NC1CCCC1OC. The van der Waals surface area contributed by atoms with Crippen LogP contribution in [0, 0.1) is 0 Å². The molecular weight excluding hydrogens is 220 g/mol. The average molecular weight is 238 g/mol. The van der Waals surface area contributed by atoms with Crippen molar-refractivity contribution in [3.05, 3.63) is 6.33 Å². The van der Waals surface area contributed by atoms with Gasteiger partial charge in [-0.05, 0) is 19.3 Å². The number of aromatic nitrogens is 2. The minimum absolute atomic E-state index is 0.218. The fraction of sp³-hybridized carbons (Fsp3) is 0.636. The molecule has 0 radical (unpaired) electrons. The van der Waals surface area contributed by atoms with Gasteiger partial charge in [-0.25, -0.2) is 9.97 Å². The summed E-state index contributed by atoms with van der Waals surface area (Å²) in [6.45, 7) is 0. The van der Waals surface area contributed by atoms with Crippen LogP contribution in [-0.2, 0) is 4.74 Å². The van der Waals surface area contributed by atoms with Gasteiger partial charge in [-0.1, -0.05) is 0 Å². The van der Waals surface area contributed by atoms with E-state index in [9.17, 15) is 0 Å². The number of hydrogen-bond donors (Lipinski definition) is 2. The first-order chi connectivity index (χ1) is 8.26. The van der Waals surface area contributed by atoms with Crippen LogP contribution in [0.4, 0.5) is 11.6 Å². The molecule has 1 aromatic heterocycles. The van der Waals surface area contributed by atoms with Crippen molar-refractivity contribution >= 4 is 11.6 Å². The Hall–Kier alpha value is -1.56. The van der Waals surface area contributed by atoms with Crippen molar-refractivity contribution in [3.8, 4) is 5.75 Å². The van der Waals surface area contributed by atoms with Crippen LogP contribution in [0.2, 0.25) is 0 Å². The third-order valence-corrected chi connectivity index (χ3v) is 3.11. The quantitative estimate of drug-likeness (QED) is 0.815. The first-order valence-electron chi connectivity index (χ1n) is 5.70. The van der Waals surface area contributed by atoms with Crippen LogP contribution >= 0.6 is 0 Å². The molecule has 94 valence electrons. The van der Waals surface area contributed by atoms with E-state index in [1.165, 1.54) is 6.33 Å². The number of hydrogen-bond acceptors (Lipinski definition) is 6. The van der Waals surface area contributed by atoms with Gasteiger partial charge in [0.15, 0.2) is 11.6 Å². The average Bonchev–Trinajstić information content (AvgIpc) is 2.77. The Labute approximate surface area is 101 Å². The predicted molar refractivity (Wildman–Crippen MR) is 65.1 cm³/mol. The molecule has 0 saturated heterocycles. The van der Waals surface area contributed by atoms with Gasteiger partial charge in [-0.15, -0.1) is 0 Å². The second-order valence-corrected chi connectivity index (χ2v) is 4.10. The minimum atomic E-state index is 0.218. The molecule has 0 bridgehead atoms. The molecule has 17 heavy (non-hydrogen) atoms. The van der Waals surface area contributed by atoms with E-state index in [1.807, 2.05) is 0 Å². The van der Waals surface area contributed by atoms with Gasteiger partial charge >= 0.3 is 0 Å². The Balaban J connectivity index is 2.15. The van der Waals surface area contributed by atoms with Gasteiger partial charge in [0.05, 0.1) is 19.3 Å². The van der Waals surface area contributed by atoms with E-state index in [1.54, 1.807) is 14.2 Å². The van der Waals surface area contributed by atoms with Crippen LogP contribution in [0.25, 0.3) is 0 Å². The Morgan fingerprint density at radius 2 is 2.18 bits per heavy atom. The molecule has 0 aliphatic heterocycles. The lowest BCUT2D eigenvalue weighted by atomic mass is 10.2. The summed E-state index contributed by atoms with van der Waals surface area (Å²) < 4.78 is 10.6. The van der Waals surface area contributed by atoms with Gasteiger partial charge in [0, 0.05) is 7.11 Å². The number of methoxy groups -OCH3 is 2. The molecule has 1 fully saturated rings. The second-order valence-electron chi connectivity index (χ2n) is 4.10. The van der Waals surface area contributed by atoms with Crippen molar-refractivity contribution in [2.45, 2.75) is 31.4 Å². The second kappa shape index (κ2) is 5.18. The number of nitrogens with one attached hydrogen (secondary N) is 1. The fourth-order valence-electron chi connectivity index (χ4n) is 2.24. The number of rotatable bonds is 4. The molecule has 0 amide bonds. The van der Waals surface area contributed by atoms with Crippen LogP contribution in [0.15, 0.2) is 6.33 Å². The maximum absolute atomic E-state index is 5.73. The summed E-state index contributed by atoms with van der Waals surface area (Å²) >= 11 is 0. The summed E-state index contributed by atoms with van der Waals surface area (Å²) in [5, 5.41) is 3.32. The largest absolute Gasteiger partial charge is 0.490 e. The first-order valence-corrected chi connectivity index (χ1v) is 5.70. The lowest BCUT2D eigenvalue weighted by molar-refractivity contribution is 0.101. The summed E-state index contributed by atoms with van der Waals surface area (Å²) in [6.07, 6.45) is 4.93. The van der Waals surface area contributed by atoms with Gasteiger partial charge in [0.2, 0.25) is 5.75 Å². The maximum Gasteiger partial charge on any atom is 0.203 e. The zero-order chi connectivity index (χ0) is 12.3. The molecule has 0 spiro atoms. The zero-order valence-electron chi connectivity index (χ0n) is 10.1. The van der Waals surface area contributed by atoms with Crippen molar-refractivity contribution in [1.29, 1.82) is 0 Å². The van der Waals surface area contributed by atoms with Crippen LogP contribution < -0.4 is 15.8 Å². The number of nitrogens with zero attached hydrogens (tertiary/aromatic N) is 2. The third kappa shape index (κ3) is 2.41. The van der Waals surface area contributed by atoms with Crippen molar-refractivity contribution in [2.75, 3.05) is 25.3 Å². The van der Waals surface area contributed by atoms with E-state index in [4.69, 9.17) is 15.2 Å². The van der Waals surface area contributed by atoms with Crippen LogP contribution in [0.1, 0.15) is 19.3 Å². The van der Waals surface area contributed by atoms with Gasteiger partial charge in [-0.2, -0.15) is 0 Å². The van der Waals surface area contributed by atoms with E-state index < -0.39 is 0 Å². The highest BCUT2D eigenvalue weighted by Gasteiger charge is 2.28. The van der Waals surface area contributed by atoms with E-state index in [0.29, 0.717) is 17.4 Å². The molecule has 1 aliphatic carbocycles. The lowest BCUT2D eigenvalue weighted by Gasteiger charge is -2.21. The molecule has 6 heteroatoms. The van der Waals surface area contributed by atoms with E-state index in [-0.39, 0.29) is 12.1 Å². The number of ether oxygens (including phenoxy) is 2. The van der Waals surface area contributed by atoms with Gasteiger partial charge in [0.1, 0.15) is 6.33 Å². The molecular formula is C11H18N4O2. The normalized spacial score (nSPS) is 23.6. The third-order valence-electron chi connectivity index (χ3n) is 3.11. The molecule has 1 aromatic rings. The predicted octanol–water partition coefficient (Wildman–Crippen LogP) is 1.05. The number of anilines is 2. The van der Waals surface area contributed by atoms with Crippen LogP contribution in [-0.4, -0.2) is 36.3 Å². The Bertz CT molecular complexity index is 386. The monoisotopic (exact) mass is 238 g/mol. The lowest BCUT2D eigenvalue weighted by Crippen LogP contribution is -2.30. The van der Waals surface area contributed by atoms with Crippen molar-refractivity contribution in [2.24, 2.45) is 0 Å². The summed E-state index contributed by atoms with van der Waals surface area (Å²) in [4.78, 5) is 8.05. The molecule has 1 aliphatic rings. The zero-order valence-corrected chi connectivity index (χ0v) is 10.1. The molecule has 2 unspecified atom stereocenters. The number of nitrogens with two attached hydrogens (primary N) is 1. The summed E-state index contributed by atoms with van der Waals surface area (Å²) in [5.41, 5.74) is 5.73. The van der Waals surface area contributed by atoms with Crippen molar-refractivity contribution < 1.29 is 9.47 Å². The highest BCUT2D eigenvalue weighted by Crippen LogP contribution is 2.30. The molecule has 1 heterocycles. The van der Waals surface area contributed by atoms with E-state index in [0.717, 1.165) is 19.3 Å². The van der Waals surface area contributed by atoms with Gasteiger partial charge < -0.3 is 20.5 Å². The Morgan fingerprint density at radius 1 is 1.35 bits per heavy atom. The highest BCUT2D eigenvalue weighted by atomic mass is 16.5. The molecule has 3 N–H and O–H groups in total. The van der Waals surface area contributed by atoms with Crippen LogP contribution in [0.5, 0.6) is 5.75 Å². The fourth-order valence-corrected chi connectivity index (χ4v) is 2.24. The molecule has 1 saturated carbocycles. The Kier molecular flexibility index (Phi) is 3.63. The standard InChI is InChI=1S/C11H18N4O2/c1-16-8-5-3-4-7(8)15-11-9(17-2)10(12)13-6-14-11/h6-8H,3-5H2,1-2H3,(H3,12,13,14,15). The smallest absolute Gasteiger partial charge is 0.203 e. The van der Waals surface area contributed by atoms with E-state index >= 15 is 0 Å².